The predicted molar refractivity (Wildman–Crippen MR) is 87.4 cm³/mol. The smallest absolute Gasteiger partial charge is 0.0871 e. The van der Waals surface area contributed by atoms with Crippen molar-refractivity contribution in [3.8, 4) is 0 Å². The number of nitrogens with two attached hydrogens (primary N) is 1. The fourth-order valence-electron chi connectivity index (χ4n) is 2.16. The Hall–Kier alpha value is -0.580. The van der Waals surface area contributed by atoms with Crippen molar-refractivity contribution in [3.05, 3.63) is 68.1 Å². The fraction of sp³-hybridized carbons (Fsp3) is 0.200. The molecule has 0 amide bonds. The van der Waals surface area contributed by atoms with Crippen LogP contribution >= 0.6 is 39.1 Å². The summed E-state index contributed by atoms with van der Waals surface area (Å²) < 4.78 is 0.952. The van der Waals surface area contributed by atoms with E-state index < -0.39 is 6.10 Å². The van der Waals surface area contributed by atoms with E-state index in [2.05, 4.69) is 15.9 Å². The van der Waals surface area contributed by atoms with Crippen LogP contribution in [0.4, 0.5) is 0 Å². The van der Waals surface area contributed by atoms with E-state index in [1.165, 1.54) is 0 Å². The van der Waals surface area contributed by atoms with E-state index in [1.807, 2.05) is 24.3 Å². The number of benzene rings is 2. The second-order valence-electron chi connectivity index (χ2n) is 4.47. The normalized spacial score (nSPS) is 14.1. The molecule has 2 nitrogen and oxygen atoms in total. The molecule has 0 spiro atoms. The lowest BCUT2D eigenvalue weighted by Crippen LogP contribution is -2.21. The molecule has 0 aliphatic heterocycles. The molecule has 0 saturated carbocycles. The van der Waals surface area contributed by atoms with Crippen LogP contribution in [0.2, 0.25) is 10.0 Å². The van der Waals surface area contributed by atoms with Crippen LogP contribution in [-0.4, -0.2) is 11.7 Å². The lowest BCUT2D eigenvalue weighted by atomic mass is 9.89. The highest BCUT2D eigenvalue weighted by Crippen LogP contribution is 2.38. The summed E-state index contributed by atoms with van der Waals surface area (Å²) in [5.74, 6) is -0.350. The Morgan fingerprint density at radius 1 is 1.05 bits per heavy atom. The molecule has 106 valence electrons. The number of hydrogen-bond acceptors (Lipinski definition) is 2. The molecular formula is C15H14BrCl2NO. The molecule has 2 atom stereocenters. The zero-order chi connectivity index (χ0) is 14.7. The summed E-state index contributed by atoms with van der Waals surface area (Å²) in [6.07, 6.45) is -0.759. The molecule has 0 aliphatic rings. The Balaban J connectivity index is 2.39. The molecule has 0 aromatic heterocycles. The zero-order valence-corrected chi connectivity index (χ0v) is 13.7. The molecule has 2 aromatic rings. The summed E-state index contributed by atoms with van der Waals surface area (Å²) in [4.78, 5) is 0. The zero-order valence-electron chi connectivity index (χ0n) is 10.6. The SMILES string of the molecule is NCC(c1c(Cl)cccc1Cl)C(O)c1ccc(Br)cc1. The molecule has 0 bridgehead atoms. The van der Waals surface area contributed by atoms with Gasteiger partial charge in [0.05, 0.1) is 6.10 Å². The summed E-state index contributed by atoms with van der Waals surface area (Å²) in [5.41, 5.74) is 7.29. The number of halogens is 3. The van der Waals surface area contributed by atoms with Crippen molar-refractivity contribution in [1.82, 2.24) is 0 Å². The van der Waals surface area contributed by atoms with Gasteiger partial charge < -0.3 is 10.8 Å². The average Bonchev–Trinajstić information content (AvgIpc) is 2.43. The van der Waals surface area contributed by atoms with Crippen LogP contribution in [0.25, 0.3) is 0 Å². The minimum atomic E-state index is -0.759. The Morgan fingerprint density at radius 3 is 2.10 bits per heavy atom. The van der Waals surface area contributed by atoms with Crippen LogP contribution < -0.4 is 5.73 Å². The van der Waals surface area contributed by atoms with Gasteiger partial charge in [-0.15, -0.1) is 0 Å². The first-order chi connectivity index (χ1) is 9.54. The fourth-order valence-corrected chi connectivity index (χ4v) is 3.10. The summed E-state index contributed by atoms with van der Waals surface area (Å²) in [5, 5.41) is 11.6. The van der Waals surface area contributed by atoms with E-state index in [0.29, 0.717) is 15.6 Å². The number of rotatable bonds is 4. The van der Waals surface area contributed by atoms with Gasteiger partial charge in [-0.2, -0.15) is 0 Å². The molecular weight excluding hydrogens is 361 g/mol. The first-order valence-electron chi connectivity index (χ1n) is 6.12. The maximum Gasteiger partial charge on any atom is 0.0871 e. The topological polar surface area (TPSA) is 46.2 Å². The Kier molecular flexibility index (Phi) is 5.47. The average molecular weight is 375 g/mol. The molecule has 2 unspecified atom stereocenters. The van der Waals surface area contributed by atoms with E-state index in [4.69, 9.17) is 28.9 Å². The first-order valence-corrected chi connectivity index (χ1v) is 7.67. The molecule has 5 heteroatoms. The maximum absolute atomic E-state index is 10.6. The van der Waals surface area contributed by atoms with Crippen LogP contribution in [0.3, 0.4) is 0 Å². The van der Waals surface area contributed by atoms with Crippen molar-refractivity contribution in [2.75, 3.05) is 6.54 Å². The van der Waals surface area contributed by atoms with E-state index in [9.17, 15) is 5.11 Å². The monoisotopic (exact) mass is 373 g/mol. The van der Waals surface area contributed by atoms with Crippen LogP contribution in [0.5, 0.6) is 0 Å². The lowest BCUT2D eigenvalue weighted by molar-refractivity contribution is 0.147. The highest BCUT2D eigenvalue weighted by atomic mass is 79.9. The number of aliphatic hydroxyl groups excluding tert-OH is 1. The van der Waals surface area contributed by atoms with Gasteiger partial charge in [-0.05, 0) is 35.4 Å². The van der Waals surface area contributed by atoms with E-state index >= 15 is 0 Å². The molecule has 3 N–H and O–H groups in total. The van der Waals surface area contributed by atoms with Crippen LogP contribution in [0, 0.1) is 0 Å². The summed E-state index contributed by atoms with van der Waals surface area (Å²) in [7, 11) is 0. The van der Waals surface area contributed by atoms with Crippen LogP contribution in [0.1, 0.15) is 23.1 Å². The van der Waals surface area contributed by atoms with Gasteiger partial charge in [0.1, 0.15) is 0 Å². The quantitative estimate of drug-likeness (QED) is 0.825. The molecule has 2 aromatic carbocycles. The van der Waals surface area contributed by atoms with Crippen molar-refractivity contribution in [3.63, 3.8) is 0 Å². The van der Waals surface area contributed by atoms with Gasteiger partial charge in [0.2, 0.25) is 0 Å². The molecule has 0 radical (unpaired) electrons. The van der Waals surface area contributed by atoms with E-state index in [-0.39, 0.29) is 12.5 Å². The van der Waals surface area contributed by atoms with Gasteiger partial charge in [-0.3, -0.25) is 0 Å². The second-order valence-corrected chi connectivity index (χ2v) is 6.20. The van der Waals surface area contributed by atoms with Crippen molar-refractivity contribution in [2.24, 2.45) is 5.73 Å². The summed E-state index contributed by atoms with van der Waals surface area (Å²) in [6.45, 7) is 0.251. The third kappa shape index (κ3) is 3.35. The summed E-state index contributed by atoms with van der Waals surface area (Å²) in [6, 6.07) is 12.7. The standard InChI is InChI=1S/C15H14BrCl2NO/c16-10-6-4-9(5-7-10)15(20)11(8-19)14-12(17)2-1-3-13(14)18/h1-7,11,15,20H,8,19H2. The second kappa shape index (κ2) is 6.92. The number of aliphatic hydroxyl groups is 1. The summed E-state index contributed by atoms with van der Waals surface area (Å²) >= 11 is 15.8. The predicted octanol–water partition coefficient (Wildman–Crippen LogP) is 4.53. The Labute approximate surface area is 136 Å². The third-order valence-corrected chi connectivity index (χ3v) is 4.40. The minimum absolute atomic E-state index is 0.251. The minimum Gasteiger partial charge on any atom is -0.388 e. The van der Waals surface area contributed by atoms with Gasteiger partial charge in [0.15, 0.2) is 0 Å². The molecule has 0 saturated heterocycles. The van der Waals surface area contributed by atoms with Gasteiger partial charge in [-0.25, -0.2) is 0 Å². The Bertz CT molecular complexity index is 569. The van der Waals surface area contributed by atoms with Gasteiger partial charge in [0.25, 0.3) is 0 Å². The van der Waals surface area contributed by atoms with Crippen molar-refractivity contribution in [2.45, 2.75) is 12.0 Å². The largest absolute Gasteiger partial charge is 0.388 e. The highest BCUT2D eigenvalue weighted by Gasteiger charge is 2.25. The van der Waals surface area contributed by atoms with Crippen LogP contribution in [-0.2, 0) is 0 Å². The van der Waals surface area contributed by atoms with E-state index in [0.717, 1.165) is 10.0 Å². The van der Waals surface area contributed by atoms with E-state index in [1.54, 1.807) is 18.2 Å². The third-order valence-electron chi connectivity index (χ3n) is 3.22. The molecule has 0 heterocycles. The van der Waals surface area contributed by atoms with Gasteiger partial charge in [0, 0.05) is 27.0 Å². The molecule has 20 heavy (non-hydrogen) atoms. The molecule has 0 aliphatic carbocycles. The van der Waals surface area contributed by atoms with Gasteiger partial charge >= 0.3 is 0 Å². The van der Waals surface area contributed by atoms with Crippen molar-refractivity contribution >= 4 is 39.1 Å². The van der Waals surface area contributed by atoms with Crippen molar-refractivity contribution in [1.29, 1.82) is 0 Å². The number of hydrogen-bond donors (Lipinski definition) is 2. The maximum atomic E-state index is 10.6. The van der Waals surface area contributed by atoms with Gasteiger partial charge in [-0.1, -0.05) is 57.3 Å². The molecule has 0 fully saturated rings. The van der Waals surface area contributed by atoms with Crippen molar-refractivity contribution < 1.29 is 5.11 Å². The lowest BCUT2D eigenvalue weighted by Gasteiger charge is -2.24. The Morgan fingerprint density at radius 2 is 1.60 bits per heavy atom. The molecule has 2 rings (SSSR count). The first kappa shape index (κ1) is 15.8. The van der Waals surface area contributed by atoms with Crippen LogP contribution in [0.15, 0.2) is 46.9 Å². The highest BCUT2D eigenvalue weighted by molar-refractivity contribution is 9.10.